The summed E-state index contributed by atoms with van der Waals surface area (Å²) in [5.74, 6) is 2.54. The summed E-state index contributed by atoms with van der Waals surface area (Å²) in [6, 6.07) is -0.302. The van der Waals surface area contributed by atoms with E-state index in [9.17, 15) is 4.79 Å². The van der Waals surface area contributed by atoms with Crippen molar-refractivity contribution in [2.45, 2.75) is 44.6 Å². The molecule has 1 heterocycles. The average molecular weight is 285 g/mol. The van der Waals surface area contributed by atoms with Crippen LogP contribution in [0.15, 0.2) is 5.16 Å². The quantitative estimate of drug-likeness (QED) is 0.316. The molecule has 5 nitrogen and oxygen atoms in total. The van der Waals surface area contributed by atoms with Crippen molar-refractivity contribution in [3.05, 3.63) is 0 Å². The first-order valence-electron chi connectivity index (χ1n) is 7.08. The highest BCUT2D eigenvalue weighted by Gasteiger charge is 2.31. The fourth-order valence-corrected chi connectivity index (χ4v) is 4.20. The van der Waals surface area contributed by atoms with Gasteiger partial charge >= 0.3 is 0 Å². The fourth-order valence-electron chi connectivity index (χ4n) is 2.98. The third-order valence-electron chi connectivity index (χ3n) is 4.15. The lowest BCUT2D eigenvalue weighted by atomic mass is 9.83. The van der Waals surface area contributed by atoms with Gasteiger partial charge in [-0.2, -0.15) is 11.8 Å². The van der Waals surface area contributed by atoms with Crippen LogP contribution in [0.1, 0.15) is 38.5 Å². The zero-order chi connectivity index (χ0) is 13.7. The van der Waals surface area contributed by atoms with Crippen LogP contribution in [0.25, 0.3) is 0 Å². The van der Waals surface area contributed by atoms with Crippen molar-refractivity contribution < 1.29 is 10.0 Å². The predicted octanol–water partition coefficient (Wildman–Crippen LogP) is 1.55. The molecule has 19 heavy (non-hydrogen) atoms. The number of nitrogens with zero attached hydrogens (tertiary/aromatic N) is 1. The van der Waals surface area contributed by atoms with E-state index in [1.807, 2.05) is 11.8 Å². The van der Waals surface area contributed by atoms with Crippen LogP contribution >= 0.6 is 11.8 Å². The number of thioether (sulfide) groups is 1. The normalized spacial score (nSPS) is 27.2. The van der Waals surface area contributed by atoms with E-state index in [-0.39, 0.29) is 23.7 Å². The number of nitrogens with two attached hydrogens (primary N) is 1. The average Bonchev–Trinajstić information content (AvgIpc) is 2.99. The van der Waals surface area contributed by atoms with Gasteiger partial charge in [-0.15, -0.1) is 0 Å². The molecule has 0 aromatic carbocycles. The van der Waals surface area contributed by atoms with Crippen LogP contribution in [0.2, 0.25) is 0 Å². The molecule has 1 saturated heterocycles. The molecular formula is C13H23N3O2S. The Morgan fingerprint density at radius 3 is 2.63 bits per heavy atom. The number of rotatable bonds is 4. The van der Waals surface area contributed by atoms with Gasteiger partial charge in [-0.1, -0.05) is 24.4 Å². The highest BCUT2D eigenvalue weighted by atomic mass is 32.2. The van der Waals surface area contributed by atoms with Gasteiger partial charge in [-0.3, -0.25) is 4.79 Å². The molecule has 2 aliphatic rings. The number of hydrogen-bond donors (Lipinski definition) is 3. The second-order valence-corrected chi connectivity index (χ2v) is 6.62. The first-order chi connectivity index (χ1) is 9.22. The van der Waals surface area contributed by atoms with Crippen molar-refractivity contribution in [3.63, 3.8) is 0 Å². The summed E-state index contributed by atoms with van der Waals surface area (Å²) < 4.78 is 0. The van der Waals surface area contributed by atoms with Crippen LogP contribution in [0.5, 0.6) is 0 Å². The number of amides is 1. The molecule has 6 heteroatoms. The largest absolute Gasteiger partial charge is 0.409 e. The van der Waals surface area contributed by atoms with Crippen molar-refractivity contribution >= 4 is 23.5 Å². The molecule has 1 amide bonds. The van der Waals surface area contributed by atoms with Crippen molar-refractivity contribution in [1.29, 1.82) is 0 Å². The van der Waals surface area contributed by atoms with Crippen LogP contribution in [0.3, 0.4) is 0 Å². The SMILES string of the molecule is NC(=NO)C(NC(=O)C1CCSC1)C1CCCCC1. The van der Waals surface area contributed by atoms with E-state index in [1.165, 1.54) is 6.42 Å². The molecule has 108 valence electrons. The Balaban J connectivity index is 1.98. The maximum Gasteiger partial charge on any atom is 0.224 e. The van der Waals surface area contributed by atoms with E-state index in [0.29, 0.717) is 5.92 Å². The molecular weight excluding hydrogens is 262 g/mol. The molecule has 0 bridgehead atoms. The third kappa shape index (κ3) is 3.78. The number of carbonyl (C=O) groups is 1. The number of nitrogens with one attached hydrogen (secondary N) is 1. The summed E-state index contributed by atoms with van der Waals surface area (Å²) in [6.45, 7) is 0. The highest BCUT2D eigenvalue weighted by Crippen LogP contribution is 2.28. The lowest BCUT2D eigenvalue weighted by molar-refractivity contribution is -0.124. The van der Waals surface area contributed by atoms with Crippen LogP contribution < -0.4 is 11.1 Å². The summed E-state index contributed by atoms with van der Waals surface area (Å²) in [6.07, 6.45) is 6.59. The Kier molecular flexibility index (Phi) is 5.36. The predicted molar refractivity (Wildman–Crippen MR) is 77.3 cm³/mol. The molecule has 0 aromatic heterocycles. The minimum atomic E-state index is -0.302. The minimum Gasteiger partial charge on any atom is -0.409 e. The Morgan fingerprint density at radius 2 is 2.05 bits per heavy atom. The molecule has 2 unspecified atom stereocenters. The summed E-state index contributed by atoms with van der Waals surface area (Å²) in [7, 11) is 0. The van der Waals surface area contributed by atoms with E-state index >= 15 is 0 Å². The van der Waals surface area contributed by atoms with Gasteiger partial charge in [0.2, 0.25) is 5.91 Å². The Morgan fingerprint density at radius 1 is 1.32 bits per heavy atom. The first-order valence-corrected chi connectivity index (χ1v) is 8.23. The van der Waals surface area contributed by atoms with Crippen LogP contribution in [-0.2, 0) is 4.79 Å². The van der Waals surface area contributed by atoms with E-state index in [4.69, 9.17) is 10.9 Å². The van der Waals surface area contributed by atoms with Crippen molar-refractivity contribution in [1.82, 2.24) is 5.32 Å². The van der Waals surface area contributed by atoms with Crippen LogP contribution in [0.4, 0.5) is 0 Å². The van der Waals surface area contributed by atoms with Crippen LogP contribution in [0, 0.1) is 11.8 Å². The summed E-state index contributed by atoms with van der Waals surface area (Å²) in [5.41, 5.74) is 5.78. The van der Waals surface area contributed by atoms with Gasteiger partial charge in [0.05, 0.1) is 6.04 Å². The summed E-state index contributed by atoms with van der Waals surface area (Å²) in [4.78, 5) is 12.2. The Hall–Kier alpha value is -0.910. The Labute approximate surface area is 118 Å². The third-order valence-corrected chi connectivity index (χ3v) is 5.32. The van der Waals surface area contributed by atoms with E-state index in [0.717, 1.165) is 43.6 Å². The molecule has 4 N–H and O–H groups in total. The number of hydrogen-bond acceptors (Lipinski definition) is 4. The molecule has 1 aliphatic heterocycles. The van der Waals surface area contributed by atoms with Gasteiger partial charge < -0.3 is 16.3 Å². The molecule has 0 spiro atoms. The van der Waals surface area contributed by atoms with Gasteiger partial charge in [-0.05, 0) is 30.9 Å². The maximum atomic E-state index is 12.2. The van der Waals surface area contributed by atoms with Gasteiger partial charge in [0, 0.05) is 11.7 Å². The van der Waals surface area contributed by atoms with Crippen LogP contribution in [-0.4, -0.2) is 34.5 Å². The van der Waals surface area contributed by atoms with E-state index < -0.39 is 0 Å². The van der Waals surface area contributed by atoms with Gasteiger partial charge in [0.25, 0.3) is 0 Å². The standard InChI is InChI=1S/C13H23N3O2S/c14-12(16-18)11(9-4-2-1-3-5-9)15-13(17)10-6-7-19-8-10/h9-11,18H,1-8H2,(H2,14,16)(H,15,17). The van der Waals surface area contributed by atoms with E-state index in [2.05, 4.69) is 10.5 Å². The zero-order valence-corrected chi connectivity index (χ0v) is 12.0. The zero-order valence-electron chi connectivity index (χ0n) is 11.2. The molecule has 0 aromatic rings. The monoisotopic (exact) mass is 285 g/mol. The molecule has 0 radical (unpaired) electrons. The first kappa shape index (κ1) is 14.5. The van der Waals surface area contributed by atoms with Gasteiger partial charge in [0.15, 0.2) is 5.84 Å². The highest BCUT2D eigenvalue weighted by molar-refractivity contribution is 7.99. The number of carbonyl (C=O) groups excluding carboxylic acids is 1. The second-order valence-electron chi connectivity index (χ2n) is 5.47. The van der Waals surface area contributed by atoms with Crippen molar-refractivity contribution in [2.24, 2.45) is 22.7 Å². The molecule has 1 aliphatic carbocycles. The summed E-state index contributed by atoms with van der Waals surface area (Å²) in [5, 5.41) is 15.1. The smallest absolute Gasteiger partial charge is 0.224 e. The lowest BCUT2D eigenvalue weighted by Crippen LogP contribution is -2.51. The molecule has 2 rings (SSSR count). The number of oxime groups is 1. The minimum absolute atomic E-state index is 0.0622. The second kappa shape index (κ2) is 7.03. The van der Waals surface area contributed by atoms with Crippen molar-refractivity contribution in [2.75, 3.05) is 11.5 Å². The maximum absolute atomic E-state index is 12.2. The summed E-state index contributed by atoms with van der Waals surface area (Å²) >= 11 is 1.82. The fraction of sp³-hybridized carbons (Fsp3) is 0.846. The molecule has 2 atom stereocenters. The Bertz CT molecular complexity index is 337. The number of amidine groups is 1. The van der Waals surface area contributed by atoms with Gasteiger partial charge in [-0.25, -0.2) is 0 Å². The lowest BCUT2D eigenvalue weighted by Gasteiger charge is -2.30. The van der Waals surface area contributed by atoms with Crippen molar-refractivity contribution in [3.8, 4) is 0 Å². The van der Waals surface area contributed by atoms with E-state index in [1.54, 1.807) is 0 Å². The molecule has 1 saturated carbocycles. The van der Waals surface area contributed by atoms with Gasteiger partial charge in [0.1, 0.15) is 0 Å². The molecule has 2 fully saturated rings. The topological polar surface area (TPSA) is 87.7 Å².